The van der Waals surface area contributed by atoms with Gasteiger partial charge in [0.2, 0.25) is 5.91 Å². The zero-order valence-corrected chi connectivity index (χ0v) is 61.4. The van der Waals surface area contributed by atoms with E-state index in [-0.39, 0.29) is 18.5 Å². The van der Waals surface area contributed by atoms with Gasteiger partial charge in [0.25, 0.3) is 0 Å². The van der Waals surface area contributed by atoms with Crippen molar-refractivity contribution in [3.63, 3.8) is 0 Å². The van der Waals surface area contributed by atoms with Crippen LogP contribution in [0.1, 0.15) is 476 Å². The van der Waals surface area contributed by atoms with Gasteiger partial charge in [-0.05, 0) is 77.0 Å². The standard InChI is InChI=1S/C84H163NO5/c1-3-5-7-9-11-13-15-17-19-20-21-22-23-37-40-43-46-49-52-56-60-64-68-72-76-82(87)81(80-86)85-83(88)77-73-69-65-61-57-53-50-47-44-41-38-35-33-31-29-27-25-24-26-28-30-32-34-36-39-42-45-48-51-55-59-63-67-71-75-79-90-84(89)78-74-70-66-62-58-54-18-16-14-12-10-8-6-4-2/h16,18,26,28,81-82,86-87H,3-15,17,19-25,27,29-80H2,1-2H3,(H,85,88)/b18-16-,28-26-. The normalized spacial score (nSPS) is 12.5. The predicted octanol–water partition coefficient (Wildman–Crippen LogP) is 27.6. The van der Waals surface area contributed by atoms with Crippen LogP contribution in [0.5, 0.6) is 0 Å². The van der Waals surface area contributed by atoms with Gasteiger partial charge in [-0.1, -0.05) is 411 Å². The average molecular weight is 1270 g/mol. The molecule has 3 N–H and O–H groups in total. The highest BCUT2D eigenvalue weighted by Gasteiger charge is 2.20. The summed E-state index contributed by atoms with van der Waals surface area (Å²) in [6, 6.07) is -0.540. The first-order chi connectivity index (χ1) is 44.5. The van der Waals surface area contributed by atoms with Crippen molar-refractivity contribution >= 4 is 11.9 Å². The maximum absolute atomic E-state index is 12.6. The monoisotopic (exact) mass is 1270 g/mol. The number of carbonyl (C=O) groups excluding carboxylic acids is 2. The number of rotatable bonds is 79. The van der Waals surface area contributed by atoms with Gasteiger partial charge in [0.15, 0.2) is 0 Å². The van der Waals surface area contributed by atoms with Crippen molar-refractivity contribution in [2.24, 2.45) is 0 Å². The minimum absolute atomic E-state index is 0.0127. The number of esters is 1. The SMILES string of the molecule is CCCCCCC/C=C\CCCCCCCC(=O)OCCCCCCCCCCCCCCCC/C=C\CCCCCCCCCCCCCCCCCCCC(=O)NC(CO)C(O)CCCCCCCCCCCCCCCCCCCCCCCCCC. The number of unbranched alkanes of at least 4 members (excludes halogenated alkanes) is 64. The molecule has 0 aliphatic rings. The smallest absolute Gasteiger partial charge is 0.305 e. The lowest BCUT2D eigenvalue weighted by Crippen LogP contribution is -2.45. The Kier molecular flexibility index (Phi) is 78.3. The van der Waals surface area contributed by atoms with Crippen LogP contribution >= 0.6 is 0 Å². The van der Waals surface area contributed by atoms with Gasteiger partial charge in [-0.3, -0.25) is 9.59 Å². The van der Waals surface area contributed by atoms with E-state index in [1.165, 1.54) is 398 Å². The van der Waals surface area contributed by atoms with Crippen LogP contribution in [0.25, 0.3) is 0 Å². The molecule has 534 valence electrons. The third-order valence-electron chi connectivity index (χ3n) is 19.7. The van der Waals surface area contributed by atoms with E-state index >= 15 is 0 Å². The largest absolute Gasteiger partial charge is 0.466 e. The summed E-state index contributed by atoms with van der Waals surface area (Å²) < 4.78 is 5.49. The summed E-state index contributed by atoms with van der Waals surface area (Å²) in [6.45, 7) is 5.00. The van der Waals surface area contributed by atoms with Crippen LogP contribution in [0.15, 0.2) is 24.3 Å². The van der Waals surface area contributed by atoms with Crippen LogP contribution < -0.4 is 5.32 Å². The van der Waals surface area contributed by atoms with E-state index in [1.807, 2.05) is 0 Å². The minimum Gasteiger partial charge on any atom is -0.466 e. The molecule has 0 aliphatic carbocycles. The molecule has 0 aromatic carbocycles. The van der Waals surface area contributed by atoms with E-state index in [0.29, 0.717) is 25.9 Å². The summed E-state index contributed by atoms with van der Waals surface area (Å²) in [5.41, 5.74) is 0. The third-order valence-corrected chi connectivity index (χ3v) is 19.7. The molecule has 0 aliphatic heterocycles. The number of aliphatic hydroxyl groups is 2. The Balaban J connectivity index is 3.34. The van der Waals surface area contributed by atoms with Gasteiger partial charge in [0, 0.05) is 12.8 Å². The molecular formula is C84H163NO5. The molecular weight excluding hydrogens is 1100 g/mol. The second kappa shape index (κ2) is 79.8. The Hall–Kier alpha value is -1.66. The first kappa shape index (κ1) is 88.3. The number of amides is 1. The van der Waals surface area contributed by atoms with E-state index in [2.05, 4.69) is 43.5 Å². The Morgan fingerprint density at radius 3 is 0.789 bits per heavy atom. The van der Waals surface area contributed by atoms with Gasteiger partial charge in [0.1, 0.15) is 0 Å². The molecule has 2 unspecified atom stereocenters. The lowest BCUT2D eigenvalue weighted by Gasteiger charge is -2.22. The zero-order valence-electron chi connectivity index (χ0n) is 61.4. The molecule has 6 heteroatoms. The van der Waals surface area contributed by atoms with Gasteiger partial charge in [-0.15, -0.1) is 0 Å². The van der Waals surface area contributed by atoms with Crippen molar-refractivity contribution in [2.75, 3.05) is 13.2 Å². The number of carbonyl (C=O) groups is 2. The highest BCUT2D eigenvalue weighted by molar-refractivity contribution is 5.76. The van der Waals surface area contributed by atoms with Crippen LogP contribution in [0.2, 0.25) is 0 Å². The van der Waals surface area contributed by atoms with Crippen LogP contribution in [-0.4, -0.2) is 47.4 Å². The summed E-state index contributed by atoms with van der Waals surface area (Å²) in [4.78, 5) is 24.7. The zero-order chi connectivity index (χ0) is 64.9. The molecule has 0 spiro atoms. The van der Waals surface area contributed by atoms with Gasteiger partial charge in [-0.2, -0.15) is 0 Å². The van der Waals surface area contributed by atoms with Crippen LogP contribution in [0.3, 0.4) is 0 Å². The number of hydrogen-bond donors (Lipinski definition) is 3. The second-order valence-corrected chi connectivity index (χ2v) is 28.8. The number of ether oxygens (including phenoxy) is 1. The summed E-state index contributed by atoms with van der Waals surface area (Å²) in [7, 11) is 0. The maximum Gasteiger partial charge on any atom is 0.305 e. The topological polar surface area (TPSA) is 95.9 Å². The highest BCUT2D eigenvalue weighted by Crippen LogP contribution is 2.20. The van der Waals surface area contributed by atoms with E-state index in [4.69, 9.17) is 4.74 Å². The molecule has 0 heterocycles. The molecule has 6 nitrogen and oxygen atoms in total. The lowest BCUT2D eigenvalue weighted by atomic mass is 10.0. The van der Waals surface area contributed by atoms with Crippen LogP contribution in [0.4, 0.5) is 0 Å². The number of aliphatic hydroxyl groups excluding tert-OH is 2. The third kappa shape index (κ3) is 75.4. The van der Waals surface area contributed by atoms with Gasteiger partial charge in [0.05, 0.1) is 25.4 Å². The summed E-state index contributed by atoms with van der Waals surface area (Å²) >= 11 is 0. The molecule has 0 saturated heterocycles. The highest BCUT2D eigenvalue weighted by atomic mass is 16.5. The Morgan fingerprint density at radius 1 is 0.300 bits per heavy atom. The molecule has 0 aromatic rings. The fourth-order valence-corrected chi connectivity index (χ4v) is 13.4. The fourth-order valence-electron chi connectivity index (χ4n) is 13.4. The average Bonchev–Trinajstić information content (AvgIpc) is 3.60. The molecule has 1 amide bonds. The van der Waals surface area contributed by atoms with E-state index in [1.54, 1.807) is 0 Å². The van der Waals surface area contributed by atoms with Crippen molar-refractivity contribution in [3.8, 4) is 0 Å². The summed E-state index contributed by atoms with van der Waals surface area (Å²) in [6.07, 6.45) is 103. The van der Waals surface area contributed by atoms with Crippen LogP contribution in [0, 0.1) is 0 Å². The van der Waals surface area contributed by atoms with Gasteiger partial charge in [-0.25, -0.2) is 0 Å². The van der Waals surface area contributed by atoms with E-state index < -0.39 is 12.1 Å². The van der Waals surface area contributed by atoms with Crippen molar-refractivity contribution in [1.82, 2.24) is 5.32 Å². The number of nitrogens with one attached hydrogen (secondary N) is 1. The van der Waals surface area contributed by atoms with E-state index in [9.17, 15) is 19.8 Å². The Labute approximate surface area is 564 Å². The predicted molar refractivity (Wildman–Crippen MR) is 398 cm³/mol. The van der Waals surface area contributed by atoms with Crippen molar-refractivity contribution in [3.05, 3.63) is 24.3 Å². The fraction of sp³-hybridized carbons (Fsp3) is 0.929. The van der Waals surface area contributed by atoms with Crippen molar-refractivity contribution in [1.29, 1.82) is 0 Å². The molecule has 90 heavy (non-hydrogen) atoms. The molecule has 2 atom stereocenters. The lowest BCUT2D eigenvalue weighted by molar-refractivity contribution is -0.143. The molecule has 0 fully saturated rings. The van der Waals surface area contributed by atoms with E-state index in [0.717, 1.165) is 44.9 Å². The summed E-state index contributed by atoms with van der Waals surface area (Å²) in [5.74, 6) is -0.0126. The van der Waals surface area contributed by atoms with Crippen molar-refractivity contribution in [2.45, 2.75) is 488 Å². The second-order valence-electron chi connectivity index (χ2n) is 28.8. The minimum atomic E-state index is -0.663. The number of allylic oxidation sites excluding steroid dienone is 4. The first-order valence-electron chi connectivity index (χ1n) is 41.6. The first-order valence-corrected chi connectivity index (χ1v) is 41.6. The quantitative estimate of drug-likeness (QED) is 0.0320. The molecule has 0 rings (SSSR count). The molecule has 0 aromatic heterocycles. The molecule has 0 radical (unpaired) electrons. The summed E-state index contributed by atoms with van der Waals surface area (Å²) in [5, 5.41) is 23.5. The van der Waals surface area contributed by atoms with Crippen molar-refractivity contribution < 1.29 is 24.5 Å². The number of hydrogen-bond acceptors (Lipinski definition) is 5. The van der Waals surface area contributed by atoms with Gasteiger partial charge >= 0.3 is 5.97 Å². The maximum atomic E-state index is 12.6. The van der Waals surface area contributed by atoms with Gasteiger partial charge < -0.3 is 20.3 Å². The molecule has 0 bridgehead atoms. The molecule has 0 saturated carbocycles. The Morgan fingerprint density at radius 2 is 0.522 bits per heavy atom. The Bertz CT molecular complexity index is 1410. The van der Waals surface area contributed by atoms with Crippen LogP contribution in [-0.2, 0) is 14.3 Å².